The van der Waals surface area contributed by atoms with E-state index in [0.29, 0.717) is 13.2 Å². The van der Waals surface area contributed by atoms with Crippen LogP contribution in [0.15, 0.2) is 0 Å². The molecule has 2 N–H and O–H groups in total. The van der Waals surface area contributed by atoms with Crippen molar-refractivity contribution in [1.29, 1.82) is 0 Å². The lowest BCUT2D eigenvalue weighted by Crippen LogP contribution is -1.92. The Labute approximate surface area is 111 Å². The van der Waals surface area contributed by atoms with Gasteiger partial charge in [-0.2, -0.15) is 0 Å². The summed E-state index contributed by atoms with van der Waals surface area (Å²) in [5.41, 5.74) is 0. The molecule has 0 aliphatic heterocycles. The quantitative estimate of drug-likeness (QED) is 0.265. The van der Waals surface area contributed by atoms with E-state index in [1.807, 2.05) is 0 Å². The molecular weight excluding hydrogens is 232 g/mol. The normalized spacial score (nSPS) is 11.0. The van der Waals surface area contributed by atoms with Crippen LogP contribution in [0.25, 0.3) is 0 Å². The predicted octanol–water partition coefficient (Wildman–Crippen LogP) is 4.08. The minimum absolute atomic E-state index is 0.343. The molecule has 0 saturated heterocycles. The first kappa shape index (κ1) is 17.8. The summed E-state index contributed by atoms with van der Waals surface area (Å²) in [6.07, 6.45) is 14.7. The first-order valence-corrected chi connectivity index (χ1v) is 7.45. The lowest BCUT2D eigenvalue weighted by atomic mass is 10.1. The van der Waals surface area contributed by atoms with Gasteiger partial charge < -0.3 is 5.11 Å². The zero-order chi connectivity index (χ0) is 13.3. The van der Waals surface area contributed by atoms with Crippen molar-refractivity contribution >= 4 is 0 Å². The second-order valence-corrected chi connectivity index (χ2v) is 4.86. The molecule has 0 amide bonds. The van der Waals surface area contributed by atoms with Crippen LogP contribution < -0.4 is 0 Å². The summed E-state index contributed by atoms with van der Waals surface area (Å²) < 4.78 is 0. The van der Waals surface area contributed by atoms with E-state index in [0.717, 1.165) is 19.3 Å². The van der Waals surface area contributed by atoms with Gasteiger partial charge in [-0.15, -0.1) is 0 Å². The van der Waals surface area contributed by atoms with Crippen molar-refractivity contribution in [3.63, 3.8) is 0 Å². The highest BCUT2D eigenvalue weighted by atomic mass is 17.5. The lowest BCUT2D eigenvalue weighted by Gasteiger charge is -2.02. The molecule has 0 heterocycles. The number of aliphatic hydroxyl groups excluding tert-OH is 1. The van der Waals surface area contributed by atoms with Gasteiger partial charge in [0.1, 0.15) is 0 Å². The van der Waals surface area contributed by atoms with Crippen LogP contribution in [0.5, 0.6) is 0 Å². The van der Waals surface area contributed by atoms with Gasteiger partial charge in [0, 0.05) is 6.61 Å². The summed E-state index contributed by atoms with van der Waals surface area (Å²) in [7, 11) is 0. The molecule has 0 saturated carbocycles. The Morgan fingerprint density at radius 2 is 0.944 bits per heavy atom. The van der Waals surface area contributed by atoms with Crippen molar-refractivity contribution in [2.75, 3.05) is 13.2 Å². The molecule has 4 nitrogen and oxygen atoms in total. The fraction of sp³-hybridized carbons (Fsp3) is 1.00. The number of hydrogen-bond acceptors (Lipinski definition) is 4. The standard InChI is InChI=1S/C14H30O4/c15-13-11-9-7-5-3-1-2-4-6-8-10-12-14-17-18-16/h15-16H,1-14H2. The number of rotatable bonds is 15. The summed E-state index contributed by atoms with van der Waals surface area (Å²) in [6, 6.07) is 0. The van der Waals surface area contributed by atoms with Crippen LogP contribution in [0.4, 0.5) is 0 Å². The third kappa shape index (κ3) is 15.8. The molecule has 0 aromatic heterocycles. The van der Waals surface area contributed by atoms with Gasteiger partial charge >= 0.3 is 0 Å². The topological polar surface area (TPSA) is 58.9 Å². The molecule has 4 heteroatoms. The van der Waals surface area contributed by atoms with Gasteiger partial charge in [0.05, 0.1) is 6.61 Å². The zero-order valence-corrected chi connectivity index (χ0v) is 11.6. The molecular formula is C14H30O4. The van der Waals surface area contributed by atoms with Crippen LogP contribution in [-0.4, -0.2) is 23.6 Å². The summed E-state index contributed by atoms with van der Waals surface area (Å²) >= 11 is 0. The minimum Gasteiger partial charge on any atom is -0.396 e. The highest BCUT2D eigenvalue weighted by Crippen LogP contribution is 2.11. The van der Waals surface area contributed by atoms with E-state index >= 15 is 0 Å². The van der Waals surface area contributed by atoms with Crippen molar-refractivity contribution in [3.05, 3.63) is 0 Å². The molecule has 0 unspecified atom stereocenters. The van der Waals surface area contributed by atoms with E-state index in [4.69, 9.17) is 10.4 Å². The Morgan fingerprint density at radius 3 is 1.33 bits per heavy atom. The van der Waals surface area contributed by atoms with Gasteiger partial charge in [-0.25, -0.2) is 10.1 Å². The molecule has 110 valence electrons. The third-order valence-corrected chi connectivity index (χ3v) is 3.19. The van der Waals surface area contributed by atoms with Crippen molar-refractivity contribution in [2.24, 2.45) is 0 Å². The van der Waals surface area contributed by atoms with E-state index in [1.165, 1.54) is 57.8 Å². The maximum Gasteiger partial charge on any atom is 0.0853 e. The largest absolute Gasteiger partial charge is 0.396 e. The Hall–Kier alpha value is -0.160. The molecule has 0 spiro atoms. The van der Waals surface area contributed by atoms with Crippen LogP contribution in [0.2, 0.25) is 0 Å². The van der Waals surface area contributed by atoms with Gasteiger partial charge in [0.15, 0.2) is 0 Å². The summed E-state index contributed by atoms with van der Waals surface area (Å²) in [5.74, 6) is 0. The number of aliphatic hydroxyl groups is 1. The Kier molecular flexibility index (Phi) is 16.7. The SMILES string of the molecule is OCCCCCCCCCCCCCCOOO. The monoisotopic (exact) mass is 262 g/mol. The Bertz CT molecular complexity index is 126. The average Bonchev–Trinajstić information content (AvgIpc) is 2.39. The second kappa shape index (κ2) is 16.8. The van der Waals surface area contributed by atoms with Gasteiger partial charge in [0.2, 0.25) is 0 Å². The smallest absolute Gasteiger partial charge is 0.0853 e. The number of hydrogen-bond donors (Lipinski definition) is 2. The van der Waals surface area contributed by atoms with E-state index < -0.39 is 0 Å². The molecule has 0 aromatic carbocycles. The molecule has 0 rings (SSSR count). The first-order chi connectivity index (χ1) is 8.91. The fourth-order valence-corrected chi connectivity index (χ4v) is 2.08. The molecule has 18 heavy (non-hydrogen) atoms. The molecule has 0 aromatic rings. The number of unbranched alkanes of at least 4 members (excludes halogenated alkanes) is 11. The van der Waals surface area contributed by atoms with Gasteiger partial charge in [0.25, 0.3) is 0 Å². The zero-order valence-electron chi connectivity index (χ0n) is 11.6. The van der Waals surface area contributed by atoms with Crippen LogP contribution in [-0.2, 0) is 9.93 Å². The second-order valence-electron chi connectivity index (χ2n) is 4.86. The third-order valence-electron chi connectivity index (χ3n) is 3.19. The molecule has 0 fully saturated rings. The molecule has 0 atom stereocenters. The molecule has 0 bridgehead atoms. The van der Waals surface area contributed by atoms with E-state index in [1.54, 1.807) is 0 Å². The van der Waals surface area contributed by atoms with Gasteiger partial charge in [-0.3, -0.25) is 0 Å². The lowest BCUT2D eigenvalue weighted by molar-refractivity contribution is -0.490. The summed E-state index contributed by atoms with van der Waals surface area (Å²) in [4.78, 5) is 4.37. The summed E-state index contributed by atoms with van der Waals surface area (Å²) in [6.45, 7) is 0.819. The van der Waals surface area contributed by atoms with E-state index in [2.05, 4.69) is 9.93 Å². The average molecular weight is 262 g/mol. The maximum atomic E-state index is 8.63. The van der Waals surface area contributed by atoms with Crippen molar-refractivity contribution in [2.45, 2.75) is 77.0 Å². The molecule has 0 aliphatic rings. The van der Waals surface area contributed by atoms with Crippen LogP contribution >= 0.6 is 0 Å². The maximum absolute atomic E-state index is 8.63. The fourth-order valence-electron chi connectivity index (χ4n) is 2.08. The van der Waals surface area contributed by atoms with E-state index in [-0.39, 0.29) is 0 Å². The van der Waals surface area contributed by atoms with Crippen molar-refractivity contribution in [1.82, 2.24) is 0 Å². The molecule has 0 aliphatic carbocycles. The first-order valence-electron chi connectivity index (χ1n) is 7.45. The van der Waals surface area contributed by atoms with Crippen molar-refractivity contribution in [3.8, 4) is 0 Å². The van der Waals surface area contributed by atoms with Crippen LogP contribution in [0, 0.1) is 0 Å². The minimum atomic E-state index is 0.343. The van der Waals surface area contributed by atoms with E-state index in [9.17, 15) is 0 Å². The summed E-state index contributed by atoms with van der Waals surface area (Å²) in [5, 5.41) is 20.1. The molecule has 0 radical (unpaired) electrons. The Morgan fingerprint density at radius 1 is 0.556 bits per heavy atom. The van der Waals surface area contributed by atoms with Crippen molar-refractivity contribution < 1.29 is 20.3 Å². The highest BCUT2D eigenvalue weighted by molar-refractivity contribution is 4.48. The highest BCUT2D eigenvalue weighted by Gasteiger charge is 1.94. The van der Waals surface area contributed by atoms with Gasteiger partial charge in [-0.1, -0.05) is 69.2 Å². The van der Waals surface area contributed by atoms with Crippen LogP contribution in [0.3, 0.4) is 0 Å². The Balaban J connectivity index is 2.86. The predicted molar refractivity (Wildman–Crippen MR) is 72.2 cm³/mol. The van der Waals surface area contributed by atoms with Crippen LogP contribution in [0.1, 0.15) is 77.0 Å². The van der Waals surface area contributed by atoms with Gasteiger partial charge in [-0.05, 0) is 12.8 Å².